The van der Waals surface area contributed by atoms with Crippen molar-refractivity contribution in [1.29, 1.82) is 0 Å². The van der Waals surface area contributed by atoms with Crippen molar-refractivity contribution in [3.8, 4) is 0 Å². The predicted molar refractivity (Wildman–Crippen MR) is 81.9 cm³/mol. The molecule has 0 saturated carbocycles. The van der Waals surface area contributed by atoms with Crippen LogP contribution in [0.25, 0.3) is 0 Å². The summed E-state index contributed by atoms with van der Waals surface area (Å²) in [7, 11) is 0. The van der Waals surface area contributed by atoms with Gasteiger partial charge in [0.25, 0.3) is 0 Å². The van der Waals surface area contributed by atoms with E-state index < -0.39 is 0 Å². The Morgan fingerprint density at radius 2 is 2.19 bits per heavy atom. The molecular weight excluding hydrogens is 266 g/mol. The number of piperidine rings is 1. The number of carbonyl (C=O) groups is 1. The zero-order valence-corrected chi connectivity index (χ0v) is 12.5. The highest BCUT2D eigenvalue weighted by Crippen LogP contribution is 2.15. The van der Waals surface area contributed by atoms with Gasteiger partial charge < -0.3 is 10.4 Å². The summed E-state index contributed by atoms with van der Waals surface area (Å²) in [6.07, 6.45) is 8.20. The van der Waals surface area contributed by atoms with Crippen LogP contribution >= 0.6 is 0 Å². The maximum atomic E-state index is 11.8. The molecular formula is C16H25N3O2. The molecule has 1 aliphatic rings. The lowest BCUT2D eigenvalue weighted by atomic mass is 10.0. The topological polar surface area (TPSA) is 65.5 Å². The van der Waals surface area contributed by atoms with Crippen molar-refractivity contribution in [3.05, 3.63) is 30.1 Å². The molecule has 5 nitrogen and oxygen atoms in total. The Morgan fingerprint density at radius 1 is 1.38 bits per heavy atom. The summed E-state index contributed by atoms with van der Waals surface area (Å²) in [6.45, 7) is 2.73. The number of amides is 1. The number of aliphatic hydroxyl groups excluding tert-OH is 1. The zero-order chi connectivity index (χ0) is 14.9. The van der Waals surface area contributed by atoms with Crippen molar-refractivity contribution in [2.45, 2.75) is 38.1 Å². The predicted octanol–water partition coefficient (Wildman–Crippen LogP) is 0.977. The van der Waals surface area contributed by atoms with E-state index in [1.54, 1.807) is 12.4 Å². The third kappa shape index (κ3) is 5.44. The minimum atomic E-state index is 0.0874. The highest BCUT2D eigenvalue weighted by molar-refractivity contribution is 5.76. The summed E-state index contributed by atoms with van der Waals surface area (Å²) >= 11 is 0. The summed E-state index contributed by atoms with van der Waals surface area (Å²) in [5.74, 6) is 0.0874. The first-order valence-electron chi connectivity index (χ1n) is 7.80. The molecule has 0 aliphatic carbocycles. The fraction of sp³-hybridized carbons (Fsp3) is 0.625. The van der Waals surface area contributed by atoms with Crippen molar-refractivity contribution in [2.24, 2.45) is 0 Å². The summed E-state index contributed by atoms with van der Waals surface area (Å²) < 4.78 is 0. The van der Waals surface area contributed by atoms with Gasteiger partial charge in [-0.15, -0.1) is 0 Å². The Labute approximate surface area is 126 Å². The first kappa shape index (κ1) is 15.9. The fourth-order valence-corrected chi connectivity index (χ4v) is 2.80. The lowest BCUT2D eigenvalue weighted by molar-refractivity contribution is -0.121. The maximum Gasteiger partial charge on any atom is 0.220 e. The Morgan fingerprint density at radius 3 is 2.95 bits per heavy atom. The van der Waals surface area contributed by atoms with Gasteiger partial charge in [0.2, 0.25) is 5.91 Å². The van der Waals surface area contributed by atoms with Gasteiger partial charge in [-0.05, 0) is 43.5 Å². The van der Waals surface area contributed by atoms with E-state index in [2.05, 4.69) is 15.2 Å². The third-order valence-electron chi connectivity index (χ3n) is 4.07. The molecule has 1 amide bonds. The molecule has 21 heavy (non-hydrogen) atoms. The van der Waals surface area contributed by atoms with Crippen molar-refractivity contribution in [3.63, 3.8) is 0 Å². The van der Waals surface area contributed by atoms with Crippen LogP contribution in [-0.2, 0) is 11.2 Å². The highest BCUT2D eigenvalue weighted by Gasteiger charge is 2.20. The first-order chi connectivity index (χ1) is 10.3. The second kappa shape index (κ2) is 8.74. The van der Waals surface area contributed by atoms with E-state index in [-0.39, 0.29) is 18.6 Å². The van der Waals surface area contributed by atoms with E-state index in [1.807, 2.05) is 12.1 Å². The Kier molecular flexibility index (Phi) is 6.63. The van der Waals surface area contributed by atoms with Gasteiger partial charge >= 0.3 is 0 Å². The SMILES string of the molecule is O=C(CCc1ccncc1)NCCN1CCCC[C@H]1CO. The molecule has 0 aromatic carbocycles. The summed E-state index contributed by atoms with van der Waals surface area (Å²) in [4.78, 5) is 18.1. The minimum absolute atomic E-state index is 0.0874. The van der Waals surface area contributed by atoms with E-state index >= 15 is 0 Å². The van der Waals surface area contributed by atoms with E-state index in [1.165, 1.54) is 12.8 Å². The van der Waals surface area contributed by atoms with Gasteiger partial charge in [-0.3, -0.25) is 14.7 Å². The maximum absolute atomic E-state index is 11.8. The van der Waals surface area contributed by atoms with Gasteiger partial charge in [0.15, 0.2) is 0 Å². The summed E-state index contributed by atoms with van der Waals surface area (Å²) in [5.41, 5.74) is 1.14. The standard InChI is InChI=1S/C16H25N3O2/c20-13-15-3-1-2-11-19(15)12-10-18-16(21)5-4-14-6-8-17-9-7-14/h6-9,15,20H,1-5,10-13H2,(H,18,21)/t15-/m0/s1. The molecule has 116 valence electrons. The molecule has 1 aromatic rings. The molecule has 1 fully saturated rings. The number of carbonyl (C=O) groups excluding carboxylic acids is 1. The quantitative estimate of drug-likeness (QED) is 0.786. The number of likely N-dealkylation sites (tertiary alicyclic amines) is 1. The number of nitrogens with zero attached hydrogens (tertiary/aromatic N) is 2. The van der Waals surface area contributed by atoms with Gasteiger partial charge in [0.05, 0.1) is 6.61 Å². The van der Waals surface area contributed by atoms with Crippen LogP contribution in [0.15, 0.2) is 24.5 Å². The zero-order valence-electron chi connectivity index (χ0n) is 12.5. The first-order valence-corrected chi connectivity index (χ1v) is 7.80. The molecule has 0 radical (unpaired) electrons. The Hall–Kier alpha value is -1.46. The minimum Gasteiger partial charge on any atom is -0.395 e. The van der Waals surface area contributed by atoms with Crippen LogP contribution in [0, 0.1) is 0 Å². The summed E-state index contributed by atoms with van der Waals surface area (Å²) in [6, 6.07) is 4.15. The van der Waals surface area contributed by atoms with E-state index in [4.69, 9.17) is 0 Å². The number of rotatable bonds is 7. The van der Waals surface area contributed by atoms with Gasteiger partial charge in [-0.2, -0.15) is 0 Å². The molecule has 0 unspecified atom stereocenters. The monoisotopic (exact) mass is 291 g/mol. The van der Waals surface area contributed by atoms with Crippen molar-refractivity contribution in [2.75, 3.05) is 26.2 Å². The lowest BCUT2D eigenvalue weighted by Gasteiger charge is -2.34. The number of hydrogen-bond acceptors (Lipinski definition) is 4. The lowest BCUT2D eigenvalue weighted by Crippen LogP contribution is -2.45. The second-order valence-corrected chi connectivity index (χ2v) is 5.57. The number of aryl methyl sites for hydroxylation is 1. The number of hydrogen-bond donors (Lipinski definition) is 2. The molecule has 1 saturated heterocycles. The average Bonchev–Trinajstić information content (AvgIpc) is 2.54. The molecule has 1 aliphatic heterocycles. The highest BCUT2D eigenvalue weighted by atomic mass is 16.3. The number of pyridine rings is 1. The molecule has 2 rings (SSSR count). The molecule has 0 bridgehead atoms. The molecule has 1 aromatic heterocycles. The van der Waals surface area contributed by atoms with E-state index in [0.717, 1.165) is 31.5 Å². The van der Waals surface area contributed by atoms with Gasteiger partial charge in [0, 0.05) is 37.9 Å². The smallest absolute Gasteiger partial charge is 0.220 e. The molecule has 0 spiro atoms. The van der Waals surface area contributed by atoms with Crippen LogP contribution in [0.2, 0.25) is 0 Å². The van der Waals surface area contributed by atoms with Crippen LogP contribution < -0.4 is 5.32 Å². The largest absolute Gasteiger partial charge is 0.395 e. The van der Waals surface area contributed by atoms with Crippen LogP contribution in [0.1, 0.15) is 31.2 Å². The van der Waals surface area contributed by atoms with Crippen LogP contribution in [0.5, 0.6) is 0 Å². The van der Waals surface area contributed by atoms with Gasteiger partial charge in [0.1, 0.15) is 0 Å². The van der Waals surface area contributed by atoms with Crippen molar-refractivity contribution < 1.29 is 9.90 Å². The number of aliphatic hydroxyl groups is 1. The number of aromatic nitrogens is 1. The normalized spacial score (nSPS) is 19.4. The van der Waals surface area contributed by atoms with E-state index in [9.17, 15) is 9.90 Å². The molecule has 1 atom stereocenters. The Bertz CT molecular complexity index is 425. The van der Waals surface area contributed by atoms with Crippen LogP contribution in [-0.4, -0.2) is 53.2 Å². The van der Waals surface area contributed by atoms with Gasteiger partial charge in [-0.25, -0.2) is 0 Å². The van der Waals surface area contributed by atoms with Crippen molar-refractivity contribution in [1.82, 2.24) is 15.2 Å². The molecule has 2 N–H and O–H groups in total. The Balaban J connectivity index is 1.62. The van der Waals surface area contributed by atoms with Crippen LogP contribution in [0.3, 0.4) is 0 Å². The van der Waals surface area contributed by atoms with E-state index in [0.29, 0.717) is 13.0 Å². The fourth-order valence-electron chi connectivity index (χ4n) is 2.80. The molecule has 2 heterocycles. The number of nitrogens with one attached hydrogen (secondary N) is 1. The third-order valence-corrected chi connectivity index (χ3v) is 4.07. The average molecular weight is 291 g/mol. The van der Waals surface area contributed by atoms with Crippen LogP contribution in [0.4, 0.5) is 0 Å². The van der Waals surface area contributed by atoms with Gasteiger partial charge in [-0.1, -0.05) is 6.42 Å². The second-order valence-electron chi connectivity index (χ2n) is 5.57. The van der Waals surface area contributed by atoms with Crippen molar-refractivity contribution >= 4 is 5.91 Å². The molecule has 5 heteroatoms. The summed E-state index contributed by atoms with van der Waals surface area (Å²) in [5, 5.41) is 12.3.